The molecule has 0 aliphatic heterocycles. The van der Waals surface area contributed by atoms with E-state index in [9.17, 15) is 13.6 Å². The van der Waals surface area contributed by atoms with Crippen LogP contribution in [0.25, 0.3) is 0 Å². The largest absolute Gasteiger partial charge is 0.480 e. The van der Waals surface area contributed by atoms with Gasteiger partial charge >= 0.3 is 0 Å². The van der Waals surface area contributed by atoms with Crippen LogP contribution in [0.15, 0.2) is 36.5 Å². The maximum atomic E-state index is 13.3. The molecule has 0 radical (unpaired) electrons. The zero-order valence-electron chi connectivity index (χ0n) is 12.5. The van der Waals surface area contributed by atoms with Crippen LogP contribution in [0.4, 0.5) is 8.78 Å². The number of nitrogens with zero attached hydrogens (tertiary/aromatic N) is 2. The van der Waals surface area contributed by atoms with Gasteiger partial charge in [-0.05, 0) is 30.7 Å². The molecule has 1 aromatic carbocycles. The lowest BCUT2D eigenvalue weighted by Crippen LogP contribution is -2.30. The second-order valence-electron chi connectivity index (χ2n) is 4.86. The Hall–Kier alpha value is -2.50. The molecule has 116 valence electrons. The molecule has 2 aromatic rings. The molecule has 0 fully saturated rings. The van der Waals surface area contributed by atoms with Gasteiger partial charge < -0.3 is 9.64 Å². The third kappa shape index (κ3) is 3.21. The molecule has 0 aliphatic rings. The lowest BCUT2D eigenvalue weighted by Gasteiger charge is -2.25. The standard InChI is InChI=1S/C16H16F2N2O2/c1-10(11-5-4-6-12(17)7-11)20(2)16(21)14-8-13(18)9-19-15(14)22-3/h4-10H,1-3H3. The molecule has 0 bridgehead atoms. The first-order valence-corrected chi connectivity index (χ1v) is 6.66. The predicted octanol–water partition coefficient (Wildman–Crippen LogP) is 3.20. The average molecular weight is 306 g/mol. The molecule has 1 amide bonds. The van der Waals surface area contributed by atoms with E-state index in [1.54, 1.807) is 26.1 Å². The van der Waals surface area contributed by atoms with Gasteiger partial charge in [-0.2, -0.15) is 0 Å². The van der Waals surface area contributed by atoms with E-state index < -0.39 is 17.8 Å². The number of benzene rings is 1. The van der Waals surface area contributed by atoms with Crippen LogP contribution >= 0.6 is 0 Å². The van der Waals surface area contributed by atoms with Crippen molar-refractivity contribution in [3.8, 4) is 5.88 Å². The van der Waals surface area contributed by atoms with E-state index in [4.69, 9.17) is 4.74 Å². The molecule has 0 saturated heterocycles. The minimum atomic E-state index is -0.629. The summed E-state index contributed by atoms with van der Waals surface area (Å²) < 4.78 is 31.6. The van der Waals surface area contributed by atoms with Crippen LogP contribution in [0.5, 0.6) is 5.88 Å². The molecule has 1 unspecified atom stereocenters. The normalized spacial score (nSPS) is 11.9. The van der Waals surface area contributed by atoms with E-state index in [2.05, 4.69) is 4.98 Å². The fourth-order valence-electron chi connectivity index (χ4n) is 2.10. The molecule has 22 heavy (non-hydrogen) atoms. The van der Waals surface area contributed by atoms with Crippen LogP contribution in [0.2, 0.25) is 0 Å². The van der Waals surface area contributed by atoms with Gasteiger partial charge in [-0.3, -0.25) is 4.79 Å². The zero-order chi connectivity index (χ0) is 16.3. The molecule has 1 aromatic heterocycles. The summed E-state index contributed by atoms with van der Waals surface area (Å²) in [5, 5.41) is 0. The highest BCUT2D eigenvalue weighted by molar-refractivity contribution is 5.96. The van der Waals surface area contributed by atoms with E-state index in [0.717, 1.165) is 12.3 Å². The summed E-state index contributed by atoms with van der Waals surface area (Å²) in [5.41, 5.74) is 0.660. The first-order chi connectivity index (χ1) is 10.4. The molecule has 4 nitrogen and oxygen atoms in total. The maximum absolute atomic E-state index is 13.3. The van der Waals surface area contributed by atoms with Crippen LogP contribution in [0, 0.1) is 11.6 Å². The molecule has 0 saturated carbocycles. The monoisotopic (exact) mass is 306 g/mol. The van der Waals surface area contributed by atoms with Crippen molar-refractivity contribution < 1.29 is 18.3 Å². The number of carbonyl (C=O) groups is 1. The lowest BCUT2D eigenvalue weighted by atomic mass is 10.1. The third-order valence-electron chi connectivity index (χ3n) is 3.47. The van der Waals surface area contributed by atoms with E-state index in [1.807, 2.05) is 0 Å². The van der Waals surface area contributed by atoms with Gasteiger partial charge in [0.25, 0.3) is 5.91 Å². The highest BCUT2D eigenvalue weighted by Crippen LogP contribution is 2.24. The molecular weight excluding hydrogens is 290 g/mol. The lowest BCUT2D eigenvalue weighted by molar-refractivity contribution is 0.0737. The Morgan fingerprint density at radius 2 is 2.00 bits per heavy atom. The molecule has 1 heterocycles. The van der Waals surface area contributed by atoms with Crippen LogP contribution in [0.3, 0.4) is 0 Å². The molecule has 2 rings (SSSR count). The van der Waals surface area contributed by atoms with Gasteiger partial charge in [-0.15, -0.1) is 0 Å². The van der Waals surface area contributed by atoms with Crippen LogP contribution < -0.4 is 4.74 Å². The smallest absolute Gasteiger partial charge is 0.259 e. The summed E-state index contributed by atoms with van der Waals surface area (Å²) in [6.07, 6.45) is 0.978. The number of pyridine rings is 1. The maximum Gasteiger partial charge on any atom is 0.259 e. The van der Waals surface area contributed by atoms with Gasteiger partial charge in [0.2, 0.25) is 5.88 Å². The van der Waals surface area contributed by atoms with Gasteiger partial charge in [0, 0.05) is 7.05 Å². The molecule has 6 heteroatoms. The second kappa shape index (κ2) is 6.51. The number of ether oxygens (including phenoxy) is 1. The summed E-state index contributed by atoms with van der Waals surface area (Å²) in [4.78, 5) is 17.6. The highest BCUT2D eigenvalue weighted by atomic mass is 19.1. The second-order valence-corrected chi connectivity index (χ2v) is 4.86. The van der Waals surface area contributed by atoms with E-state index >= 15 is 0 Å². The number of hydrogen-bond donors (Lipinski definition) is 0. The molecule has 1 atom stereocenters. The van der Waals surface area contributed by atoms with Crippen molar-refractivity contribution in [2.24, 2.45) is 0 Å². The Labute approximate surface area is 127 Å². The number of methoxy groups -OCH3 is 1. The Morgan fingerprint density at radius 3 is 2.64 bits per heavy atom. The van der Waals surface area contributed by atoms with E-state index in [1.165, 1.54) is 24.1 Å². The SMILES string of the molecule is COc1ncc(F)cc1C(=O)N(C)C(C)c1cccc(F)c1. The van der Waals surface area contributed by atoms with Crippen LogP contribution in [-0.2, 0) is 0 Å². The quantitative estimate of drug-likeness (QED) is 0.871. The van der Waals surface area contributed by atoms with Crippen molar-refractivity contribution >= 4 is 5.91 Å². The first kappa shape index (κ1) is 15.9. The van der Waals surface area contributed by atoms with Crippen molar-refractivity contribution in [3.63, 3.8) is 0 Å². The van der Waals surface area contributed by atoms with Crippen molar-refractivity contribution in [3.05, 3.63) is 59.3 Å². The molecular formula is C16H16F2N2O2. The Bertz CT molecular complexity index is 692. The summed E-state index contributed by atoms with van der Waals surface area (Å²) in [7, 11) is 2.91. The summed E-state index contributed by atoms with van der Waals surface area (Å²) >= 11 is 0. The minimum absolute atomic E-state index is 0.0215. The first-order valence-electron chi connectivity index (χ1n) is 6.66. The van der Waals surface area contributed by atoms with Crippen molar-refractivity contribution in [2.45, 2.75) is 13.0 Å². The number of hydrogen-bond acceptors (Lipinski definition) is 3. The van der Waals surface area contributed by atoms with Crippen molar-refractivity contribution in [1.82, 2.24) is 9.88 Å². The van der Waals surface area contributed by atoms with Crippen LogP contribution in [-0.4, -0.2) is 29.9 Å². The minimum Gasteiger partial charge on any atom is -0.480 e. The predicted molar refractivity (Wildman–Crippen MR) is 77.7 cm³/mol. The Balaban J connectivity index is 2.31. The van der Waals surface area contributed by atoms with Gasteiger partial charge in [0.15, 0.2) is 0 Å². The topological polar surface area (TPSA) is 42.4 Å². The number of halogens is 2. The fourth-order valence-corrected chi connectivity index (χ4v) is 2.10. The Morgan fingerprint density at radius 1 is 1.27 bits per heavy atom. The number of amides is 1. The third-order valence-corrected chi connectivity index (χ3v) is 3.47. The van der Waals surface area contributed by atoms with Gasteiger partial charge in [-0.25, -0.2) is 13.8 Å². The van der Waals surface area contributed by atoms with Gasteiger partial charge in [-0.1, -0.05) is 12.1 Å². The van der Waals surface area contributed by atoms with Gasteiger partial charge in [0.05, 0.1) is 19.3 Å². The van der Waals surface area contributed by atoms with Crippen molar-refractivity contribution in [1.29, 1.82) is 0 Å². The van der Waals surface area contributed by atoms with E-state index in [0.29, 0.717) is 5.56 Å². The summed E-state index contributed by atoms with van der Waals surface area (Å²) in [5.74, 6) is -1.42. The number of aromatic nitrogens is 1. The molecule has 0 spiro atoms. The van der Waals surface area contributed by atoms with Gasteiger partial charge in [0.1, 0.15) is 17.2 Å². The Kier molecular flexibility index (Phi) is 4.70. The van der Waals surface area contributed by atoms with Crippen molar-refractivity contribution in [2.75, 3.05) is 14.2 Å². The molecule has 0 aliphatic carbocycles. The highest BCUT2D eigenvalue weighted by Gasteiger charge is 2.23. The van der Waals surface area contributed by atoms with E-state index in [-0.39, 0.29) is 17.3 Å². The molecule has 0 N–H and O–H groups in total. The summed E-state index contributed by atoms with van der Waals surface area (Å²) in [6.45, 7) is 1.76. The fraction of sp³-hybridized carbons (Fsp3) is 0.250. The van der Waals surface area contributed by atoms with Crippen LogP contribution in [0.1, 0.15) is 28.9 Å². The summed E-state index contributed by atoms with van der Waals surface area (Å²) in [6, 6.07) is 6.66. The average Bonchev–Trinajstić information content (AvgIpc) is 2.52. The zero-order valence-corrected chi connectivity index (χ0v) is 12.5. The number of rotatable bonds is 4. The number of carbonyl (C=O) groups excluding carboxylic acids is 1.